The van der Waals surface area contributed by atoms with Gasteiger partial charge in [-0.2, -0.15) is 5.10 Å². The number of H-pyrrole nitrogens is 1. The third-order valence-corrected chi connectivity index (χ3v) is 8.86. The number of rotatable bonds is 6. The lowest BCUT2D eigenvalue weighted by molar-refractivity contribution is 0.0817. The monoisotopic (exact) mass is 538 g/mol. The number of anilines is 2. The van der Waals surface area contributed by atoms with E-state index in [-0.39, 0.29) is 0 Å². The van der Waals surface area contributed by atoms with Crippen LogP contribution < -0.4 is 9.80 Å². The van der Waals surface area contributed by atoms with Crippen LogP contribution in [0.1, 0.15) is 80.3 Å². The van der Waals surface area contributed by atoms with Gasteiger partial charge in [-0.3, -0.25) is 5.10 Å². The summed E-state index contributed by atoms with van der Waals surface area (Å²) in [5, 5.41) is 8.61. The molecule has 210 valence electrons. The Bertz CT molecular complexity index is 1520. The van der Waals surface area contributed by atoms with Gasteiger partial charge in [0.1, 0.15) is 5.82 Å². The van der Waals surface area contributed by atoms with Gasteiger partial charge in [-0.15, -0.1) is 0 Å². The molecule has 7 heteroatoms. The third-order valence-electron chi connectivity index (χ3n) is 8.86. The molecule has 0 unspecified atom stereocenters. The highest BCUT2D eigenvalue weighted by molar-refractivity contribution is 5.95. The second-order valence-electron chi connectivity index (χ2n) is 12.1. The molecule has 1 saturated heterocycles. The average molecular weight is 539 g/mol. The molecule has 1 N–H and O–H groups in total. The number of piperidine rings is 1. The van der Waals surface area contributed by atoms with Gasteiger partial charge in [-0.25, -0.2) is 9.97 Å². The minimum atomic E-state index is 0.318. The van der Waals surface area contributed by atoms with E-state index in [1.807, 2.05) is 13.3 Å². The van der Waals surface area contributed by atoms with Crippen molar-refractivity contribution in [2.24, 2.45) is 0 Å². The summed E-state index contributed by atoms with van der Waals surface area (Å²) in [6.07, 6.45) is 5.17. The van der Waals surface area contributed by atoms with E-state index in [0.29, 0.717) is 17.9 Å². The molecule has 40 heavy (non-hydrogen) atoms. The van der Waals surface area contributed by atoms with Gasteiger partial charge in [0.25, 0.3) is 0 Å². The fourth-order valence-electron chi connectivity index (χ4n) is 6.37. The number of aromatic amines is 1. The molecule has 0 amide bonds. The van der Waals surface area contributed by atoms with E-state index in [0.717, 1.165) is 73.6 Å². The topological polar surface area (TPSA) is 70.2 Å². The van der Waals surface area contributed by atoms with E-state index < -0.39 is 0 Å². The van der Waals surface area contributed by atoms with E-state index in [1.165, 1.54) is 33.6 Å². The first-order valence-corrected chi connectivity index (χ1v) is 14.8. The molecule has 4 heterocycles. The summed E-state index contributed by atoms with van der Waals surface area (Å²) in [5.74, 6) is 2.76. The smallest absolute Gasteiger partial charge is 0.162 e. The molecular weight excluding hydrogens is 496 g/mol. The predicted molar refractivity (Wildman–Crippen MR) is 163 cm³/mol. The molecule has 2 aliphatic heterocycles. The molecule has 2 aromatic carbocycles. The van der Waals surface area contributed by atoms with E-state index >= 15 is 0 Å². The second kappa shape index (κ2) is 10.8. The molecule has 0 saturated carbocycles. The maximum absolute atomic E-state index is 5.70. The SMILES string of the molecule is COC1CCN(c2nc(-c3c(C(C)C)ccc4[nH]ncc34)nc3c2CN(c2cc(C(C)C)ccc2C)CC3)CC1. The first-order valence-electron chi connectivity index (χ1n) is 14.8. The van der Waals surface area contributed by atoms with Crippen LogP contribution in [0, 0.1) is 6.92 Å². The highest BCUT2D eigenvalue weighted by Gasteiger charge is 2.30. The molecule has 0 spiro atoms. The summed E-state index contributed by atoms with van der Waals surface area (Å²) < 4.78 is 5.70. The van der Waals surface area contributed by atoms with Gasteiger partial charge in [-0.05, 0) is 60.4 Å². The van der Waals surface area contributed by atoms with Crippen LogP contribution in [0.5, 0.6) is 0 Å². The summed E-state index contributed by atoms with van der Waals surface area (Å²) in [6.45, 7) is 14.9. The maximum atomic E-state index is 5.70. The van der Waals surface area contributed by atoms with Crippen molar-refractivity contribution in [2.45, 2.75) is 78.4 Å². The van der Waals surface area contributed by atoms with Gasteiger partial charge in [0.2, 0.25) is 0 Å². The van der Waals surface area contributed by atoms with Crippen molar-refractivity contribution in [1.29, 1.82) is 0 Å². The van der Waals surface area contributed by atoms with Crippen molar-refractivity contribution in [3.05, 3.63) is 64.5 Å². The summed E-state index contributed by atoms with van der Waals surface area (Å²) >= 11 is 0. The highest BCUT2D eigenvalue weighted by atomic mass is 16.5. The lowest BCUT2D eigenvalue weighted by atomic mass is 9.93. The number of aryl methyl sites for hydroxylation is 1. The van der Waals surface area contributed by atoms with E-state index in [9.17, 15) is 0 Å². The maximum Gasteiger partial charge on any atom is 0.162 e. The minimum Gasteiger partial charge on any atom is -0.381 e. The van der Waals surface area contributed by atoms with Gasteiger partial charge < -0.3 is 14.5 Å². The van der Waals surface area contributed by atoms with E-state index in [2.05, 4.69) is 84.9 Å². The average Bonchev–Trinajstić information content (AvgIpc) is 3.45. The number of hydrogen-bond acceptors (Lipinski definition) is 6. The molecule has 0 bridgehead atoms. The molecule has 2 aliphatic rings. The summed E-state index contributed by atoms with van der Waals surface area (Å²) in [4.78, 5) is 15.7. The first-order chi connectivity index (χ1) is 19.3. The fourth-order valence-corrected chi connectivity index (χ4v) is 6.37. The Morgan fingerprint density at radius 3 is 2.48 bits per heavy atom. The molecule has 6 rings (SSSR count). The molecule has 0 radical (unpaired) electrons. The number of fused-ring (bicyclic) bond motifs is 2. The Morgan fingerprint density at radius 2 is 1.75 bits per heavy atom. The van der Waals surface area contributed by atoms with Crippen LogP contribution in [0.15, 0.2) is 36.5 Å². The van der Waals surface area contributed by atoms with Crippen LogP contribution in [-0.2, 0) is 17.7 Å². The van der Waals surface area contributed by atoms with Crippen LogP contribution in [0.2, 0.25) is 0 Å². The number of aromatic nitrogens is 4. The molecule has 4 aromatic rings. The minimum absolute atomic E-state index is 0.318. The zero-order valence-corrected chi connectivity index (χ0v) is 24.8. The molecular formula is C33H42N6O. The van der Waals surface area contributed by atoms with Crippen molar-refractivity contribution in [3.63, 3.8) is 0 Å². The molecule has 1 fully saturated rings. The van der Waals surface area contributed by atoms with Crippen LogP contribution >= 0.6 is 0 Å². The number of benzene rings is 2. The van der Waals surface area contributed by atoms with Gasteiger partial charge in [0, 0.05) is 61.9 Å². The number of nitrogens with zero attached hydrogens (tertiary/aromatic N) is 5. The van der Waals surface area contributed by atoms with Crippen molar-refractivity contribution < 1.29 is 4.74 Å². The largest absolute Gasteiger partial charge is 0.381 e. The predicted octanol–water partition coefficient (Wildman–Crippen LogP) is 6.75. The lowest BCUT2D eigenvalue weighted by Crippen LogP contribution is -2.40. The fraction of sp³-hybridized carbons (Fsp3) is 0.485. The van der Waals surface area contributed by atoms with Crippen LogP contribution in [0.25, 0.3) is 22.3 Å². The standard InChI is InChI=1S/C33H42N6O/c1-20(2)23-8-7-22(5)30(17-23)39-16-13-28-27(19-39)33(38-14-11-24(40-6)12-15-38)36-32(35-28)31-25(21(3)4)9-10-29-26(31)18-34-37-29/h7-10,17-18,20-21,24H,11-16,19H2,1-6H3,(H,34,37). The van der Waals surface area contributed by atoms with Gasteiger partial charge in [-0.1, -0.05) is 45.9 Å². The van der Waals surface area contributed by atoms with Gasteiger partial charge in [0.05, 0.1) is 23.5 Å². The van der Waals surface area contributed by atoms with Gasteiger partial charge in [0.15, 0.2) is 5.82 Å². The van der Waals surface area contributed by atoms with Crippen molar-refractivity contribution in [1.82, 2.24) is 20.2 Å². The molecule has 0 aliphatic carbocycles. The first kappa shape index (κ1) is 26.8. The summed E-state index contributed by atoms with van der Waals surface area (Å²) in [6, 6.07) is 11.3. The van der Waals surface area contributed by atoms with E-state index in [1.54, 1.807) is 0 Å². The zero-order chi connectivity index (χ0) is 28.0. The Labute approximate surface area is 238 Å². The van der Waals surface area contributed by atoms with Crippen LogP contribution in [0.3, 0.4) is 0 Å². The molecule has 2 aromatic heterocycles. The number of ether oxygens (including phenoxy) is 1. The van der Waals surface area contributed by atoms with Crippen molar-refractivity contribution in [2.75, 3.05) is 36.5 Å². The van der Waals surface area contributed by atoms with Gasteiger partial charge >= 0.3 is 0 Å². The second-order valence-corrected chi connectivity index (χ2v) is 12.1. The Kier molecular flexibility index (Phi) is 7.26. The Hall–Kier alpha value is -3.45. The summed E-state index contributed by atoms with van der Waals surface area (Å²) in [7, 11) is 1.83. The summed E-state index contributed by atoms with van der Waals surface area (Å²) in [5.41, 5.74) is 9.88. The van der Waals surface area contributed by atoms with Crippen molar-refractivity contribution >= 4 is 22.4 Å². The third kappa shape index (κ3) is 4.85. The lowest BCUT2D eigenvalue weighted by Gasteiger charge is -2.37. The quantitative estimate of drug-likeness (QED) is 0.293. The van der Waals surface area contributed by atoms with Crippen LogP contribution in [-0.4, -0.2) is 53.0 Å². The normalized spacial score (nSPS) is 16.4. The number of methoxy groups -OCH3 is 1. The Balaban J connectivity index is 1.47. The van der Waals surface area contributed by atoms with Crippen LogP contribution in [0.4, 0.5) is 11.5 Å². The zero-order valence-electron chi connectivity index (χ0n) is 24.8. The van der Waals surface area contributed by atoms with Crippen molar-refractivity contribution in [3.8, 4) is 11.4 Å². The number of nitrogens with one attached hydrogen (secondary N) is 1. The molecule has 7 nitrogen and oxygen atoms in total. The Morgan fingerprint density at radius 1 is 0.950 bits per heavy atom. The number of hydrogen-bond donors (Lipinski definition) is 1. The highest BCUT2D eigenvalue weighted by Crippen LogP contribution is 2.38. The molecule has 0 atom stereocenters. The van der Waals surface area contributed by atoms with E-state index in [4.69, 9.17) is 14.7 Å².